The molecule has 0 aliphatic carbocycles. The molecule has 1 rings (SSSR count). The first-order valence-corrected chi connectivity index (χ1v) is 3.69. The second-order valence-electron chi connectivity index (χ2n) is 2.30. The molecule has 0 aromatic heterocycles. The van der Waals surface area contributed by atoms with Crippen LogP contribution in [0.1, 0.15) is 0 Å². The Balaban J connectivity index is 2.89. The third kappa shape index (κ3) is 1.89. The Morgan fingerprint density at radius 1 is 1.42 bits per heavy atom. The van der Waals surface area contributed by atoms with E-state index in [0.717, 1.165) is 4.90 Å². The minimum Gasteiger partial charge on any atom is -0.530 e. The van der Waals surface area contributed by atoms with E-state index in [2.05, 4.69) is 0 Å². The summed E-state index contributed by atoms with van der Waals surface area (Å²) in [4.78, 5) is 11.4. The van der Waals surface area contributed by atoms with Gasteiger partial charge in [-0.05, 0) is 24.3 Å². The number of benzene rings is 1. The van der Waals surface area contributed by atoms with Gasteiger partial charge >= 0.3 is 0 Å². The first-order valence-electron chi connectivity index (χ1n) is 3.31. The van der Waals surface area contributed by atoms with Gasteiger partial charge in [0.2, 0.25) is 0 Å². The smallest absolute Gasteiger partial charge is 0.141 e. The van der Waals surface area contributed by atoms with E-state index in [9.17, 15) is 9.90 Å². The molecule has 0 bridgehead atoms. The van der Waals surface area contributed by atoms with Gasteiger partial charge in [0, 0.05) is 17.8 Å². The molecule has 0 saturated carbocycles. The summed E-state index contributed by atoms with van der Waals surface area (Å²) in [6.07, 6.45) is -1.24. The van der Waals surface area contributed by atoms with Gasteiger partial charge < -0.3 is 14.8 Å². The van der Waals surface area contributed by atoms with E-state index in [1.807, 2.05) is 0 Å². The molecule has 1 aromatic carbocycles. The van der Waals surface area contributed by atoms with Crippen molar-refractivity contribution in [3.05, 3.63) is 29.3 Å². The summed E-state index contributed by atoms with van der Waals surface area (Å²) in [5.41, 5.74) is 0.541. The van der Waals surface area contributed by atoms with Crippen molar-refractivity contribution in [1.82, 2.24) is 0 Å². The van der Waals surface area contributed by atoms with Crippen molar-refractivity contribution in [2.45, 2.75) is 0 Å². The fourth-order valence-electron chi connectivity index (χ4n) is 0.770. The Morgan fingerprint density at radius 3 is 2.33 bits per heavy atom. The maximum atomic E-state index is 10.4. The molecule has 0 unspecified atom stereocenters. The summed E-state index contributed by atoms with van der Waals surface area (Å²) in [6, 6.07) is 6.46. The molecule has 0 atom stereocenters. The molecule has 0 radical (unpaired) electrons. The van der Waals surface area contributed by atoms with Gasteiger partial charge in [-0.15, -0.1) is 0 Å². The van der Waals surface area contributed by atoms with Gasteiger partial charge in [-0.25, -0.2) is 0 Å². The van der Waals surface area contributed by atoms with Crippen molar-refractivity contribution in [3.63, 3.8) is 0 Å². The Kier molecular flexibility index (Phi) is 2.55. The van der Waals surface area contributed by atoms with Gasteiger partial charge in [0.15, 0.2) is 0 Å². The maximum Gasteiger partial charge on any atom is 0.141 e. The van der Waals surface area contributed by atoms with E-state index in [4.69, 9.17) is 11.6 Å². The first kappa shape index (κ1) is 8.87. The highest BCUT2D eigenvalue weighted by Crippen LogP contribution is 2.15. The number of halogens is 1. The van der Waals surface area contributed by atoms with Crippen LogP contribution >= 0.6 is 11.6 Å². The van der Waals surface area contributed by atoms with Crippen LogP contribution in [0.25, 0.3) is 0 Å². The van der Waals surface area contributed by atoms with Crippen molar-refractivity contribution >= 4 is 23.4 Å². The van der Waals surface area contributed by atoms with Crippen LogP contribution in [0.2, 0.25) is 5.02 Å². The minimum atomic E-state index is -1.24. The van der Waals surface area contributed by atoms with E-state index in [1.165, 1.54) is 7.05 Å². The molecule has 3 nitrogen and oxygen atoms in total. The molecular formula is C8H7ClNO2-. The summed E-state index contributed by atoms with van der Waals surface area (Å²) in [5.74, 6) is 0. The molecule has 0 saturated heterocycles. The monoisotopic (exact) mass is 184 g/mol. The molecule has 1 amide bonds. The van der Waals surface area contributed by atoms with Gasteiger partial charge in [0.05, 0.1) is 0 Å². The van der Waals surface area contributed by atoms with Gasteiger partial charge in [0.25, 0.3) is 0 Å². The minimum absolute atomic E-state index is 0.541. The lowest BCUT2D eigenvalue weighted by atomic mass is 10.3. The summed E-state index contributed by atoms with van der Waals surface area (Å²) in [7, 11) is 1.42. The molecule has 1 aromatic rings. The van der Waals surface area contributed by atoms with Crippen molar-refractivity contribution < 1.29 is 9.90 Å². The molecule has 0 fully saturated rings. The Bertz CT molecular complexity index is 284. The Labute approximate surface area is 75.2 Å². The van der Waals surface area contributed by atoms with Gasteiger partial charge in [-0.3, -0.25) is 0 Å². The van der Waals surface area contributed by atoms with Crippen LogP contribution in [0.15, 0.2) is 24.3 Å². The second kappa shape index (κ2) is 3.45. The van der Waals surface area contributed by atoms with Crippen LogP contribution in [0.5, 0.6) is 0 Å². The average molecular weight is 185 g/mol. The fraction of sp³-hybridized carbons (Fsp3) is 0.125. The van der Waals surface area contributed by atoms with Crippen LogP contribution in [0.3, 0.4) is 0 Å². The molecule has 12 heavy (non-hydrogen) atoms. The highest BCUT2D eigenvalue weighted by molar-refractivity contribution is 6.30. The predicted octanol–water partition coefficient (Wildman–Crippen LogP) is 1.12. The molecule has 0 aliphatic rings. The van der Waals surface area contributed by atoms with Crippen molar-refractivity contribution in [2.75, 3.05) is 11.9 Å². The van der Waals surface area contributed by atoms with Crippen molar-refractivity contribution in [2.24, 2.45) is 0 Å². The maximum absolute atomic E-state index is 10.4. The first-order chi connectivity index (χ1) is 5.61. The van der Waals surface area contributed by atoms with Gasteiger partial charge in [0.1, 0.15) is 6.09 Å². The molecule has 64 valence electrons. The average Bonchev–Trinajstić information content (AvgIpc) is 2.04. The summed E-state index contributed by atoms with van der Waals surface area (Å²) in [5, 5.41) is 10.9. The highest BCUT2D eigenvalue weighted by atomic mass is 35.5. The molecule has 0 spiro atoms. The van der Waals surface area contributed by atoms with Crippen LogP contribution in [-0.4, -0.2) is 13.1 Å². The Hall–Kier alpha value is -1.22. The largest absolute Gasteiger partial charge is 0.530 e. The number of carbonyl (C=O) groups is 1. The number of rotatable bonds is 1. The lowest BCUT2D eigenvalue weighted by Gasteiger charge is -2.19. The van der Waals surface area contributed by atoms with Gasteiger partial charge in [-0.2, -0.15) is 0 Å². The summed E-state index contributed by atoms with van der Waals surface area (Å²) >= 11 is 5.61. The van der Waals surface area contributed by atoms with Crippen molar-refractivity contribution in [1.29, 1.82) is 0 Å². The van der Waals surface area contributed by atoms with Gasteiger partial charge in [-0.1, -0.05) is 11.6 Å². The standard InChI is InChI=1S/C8H8ClNO2/c1-10(8(11)12)7-4-2-6(9)3-5-7/h2-5H,1H3,(H,11,12)/p-1. The molecular weight excluding hydrogens is 178 g/mol. The third-order valence-electron chi connectivity index (χ3n) is 1.49. The Morgan fingerprint density at radius 2 is 1.92 bits per heavy atom. The lowest BCUT2D eigenvalue weighted by Crippen LogP contribution is -2.38. The zero-order valence-corrected chi connectivity index (χ0v) is 7.21. The number of hydrogen-bond acceptors (Lipinski definition) is 2. The number of hydrogen-bond donors (Lipinski definition) is 0. The molecule has 0 aliphatic heterocycles. The second-order valence-corrected chi connectivity index (χ2v) is 2.74. The molecule has 4 heteroatoms. The molecule has 0 N–H and O–H groups in total. The topological polar surface area (TPSA) is 43.4 Å². The highest BCUT2D eigenvalue weighted by Gasteiger charge is 1.99. The summed E-state index contributed by atoms with van der Waals surface area (Å²) < 4.78 is 0. The number of carboxylic acid groups (broad SMARTS) is 1. The molecule has 0 heterocycles. The van der Waals surface area contributed by atoms with Crippen molar-refractivity contribution in [3.8, 4) is 0 Å². The van der Waals surface area contributed by atoms with Crippen LogP contribution in [0, 0.1) is 0 Å². The SMILES string of the molecule is CN(C(=O)[O-])c1ccc(Cl)cc1. The van der Waals surface area contributed by atoms with Crippen LogP contribution in [-0.2, 0) is 0 Å². The number of carbonyl (C=O) groups excluding carboxylic acids is 1. The van der Waals surface area contributed by atoms with E-state index in [0.29, 0.717) is 10.7 Å². The quantitative estimate of drug-likeness (QED) is 0.657. The number of anilines is 1. The number of nitrogens with zero attached hydrogens (tertiary/aromatic N) is 1. The zero-order valence-electron chi connectivity index (χ0n) is 6.45. The zero-order chi connectivity index (χ0) is 9.14. The predicted molar refractivity (Wildman–Crippen MR) is 45.3 cm³/mol. The summed E-state index contributed by atoms with van der Waals surface area (Å²) in [6.45, 7) is 0. The number of amides is 1. The fourth-order valence-corrected chi connectivity index (χ4v) is 0.896. The lowest BCUT2D eigenvalue weighted by molar-refractivity contribution is -0.246. The van der Waals surface area contributed by atoms with Crippen LogP contribution < -0.4 is 10.0 Å². The third-order valence-corrected chi connectivity index (χ3v) is 1.74. The van der Waals surface area contributed by atoms with E-state index >= 15 is 0 Å². The van der Waals surface area contributed by atoms with E-state index in [-0.39, 0.29) is 0 Å². The van der Waals surface area contributed by atoms with Crippen LogP contribution in [0.4, 0.5) is 10.5 Å². The van der Waals surface area contributed by atoms with E-state index < -0.39 is 6.09 Å². The van der Waals surface area contributed by atoms with E-state index in [1.54, 1.807) is 24.3 Å². The normalized spacial score (nSPS) is 9.50.